The summed E-state index contributed by atoms with van der Waals surface area (Å²) < 4.78 is 0. The highest BCUT2D eigenvalue weighted by Gasteiger charge is 2.10. The van der Waals surface area contributed by atoms with E-state index in [1.54, 1.807) is 11.8 Å². The molecule has 1 N–H and O–H groups in total. The lowest BCUT2D eigenvalue weighted by Crippen LogP contribution is -2.35. The maximum absolute atomic E-state index is 4.63. The number of aromatic nitrogens is 1. The molecule has 0 radical (unpaired) electrons. The smallest absolute Gasteiger partial charge is 0.104 e. The van der Waals surface area contributed by atoms with Crippen molar-refractivity contribution in [3.8, 4) is 0 Å². The first-order valence-corrected chi connectivity index (χ1v) is 8.10. The number of hydrogen-bond acceptors (Lipinski definition) is 3. The molecule has 1 aromatic carbocycles. The molecule has 2 nitrogen and oxygen atoms in total. The molecule has 0 spiro atoms. The fourth-order valence-electron chi connectivity index (χ4n) is 1.98. The van der Waals surface area contributed by atoms with E-state index in [0.29, 0.717) is 0 Å². The molecule has 0 unspecified atom stereocenters. The molecule has 112 valence electrons. The van der Waals surface area contributed by atoms with Gasteiger partial charge in [0.15, 0.2) is 0 Å². The average molecular weight is 300 g/mol. The second kappa shape index (κ2) is 6.63. The zero-order valence-electron chi connectivity index (χ0n) is 13.5. The molecule has 3 heteroatoms. The minimum atomic E-state index is 0.128. The highest BCUT2D eigenvalue weighted by atomic mass is 32.2. The van der Waals surface area contributed by atoms with Gasteiger partial charge in [0.1, 0.15) is 5.03 Å². The summed E-state index contributed by atoms with van der Waals surface area (Å²) in [5.74, 6) is 0. The highest BCUT2D eigenvalue weighted by molar-refractivity contribution is 7.99. The molecule has 2 rings (SSSR count). The van der Waals surface area contributed by atoms with Crippen LogP contribution < -0.4 is 5.32 Å². The molecule has 0 aliphatic heterocycles. The van der Waals surface area contributed by atoms with Crippen LogP contribution in [0.15, 0.2) is 46.5 Å². The minimum Gasteiger partial charge on any atom is -0.308 e. The normalized spacial score (nSPS) is 11.7. The van der Waals surface area contributed by atoms with Crippen LogP contribution in [0, 0.1) is 13.8 Å². The molecule has 1 heterocycles. The number of nitrogens with one attached hydrogen (secondary N) is 1. The zero-order chi connectivity index (χ0) is 15.5. The van der Waals surface area contributed by atoms with Crippen LogP contribution in [-0.4, -0.2) is 10.5 Å². The van der Waals surface area contributed by atoms with Crippen molar-refractivity contribution in [3.05, 3.63) is 53.2 Å². The fourth-order valence-corrected chi connectivity index (χ4v) is 2.92. The van der Waals surface area contributed by atoms with Gasteiger partial charge in [-0.25, -0.2) is 4.98 Å². The Labute approximate surface area is 132 Å². The van der Waals surface area contributed by atoms with E-state index in [-0.39, 0.29) is 5.54 Å². The van der Waals surface area contributed by atoms with Gasteiger partial charge in [-0.15, -0.1) is 0 Å². The van der Waals surface area contributed by atoms with Gasteiger partial charge in [-0.2, -0.15) is 0 Å². The Hall–Kier alpha value is -1.32. The maximum atomic E-state index is 4.63. The first kappa shape index (κ1) is 16.1. The highest BCUT2D eigenvalue weighted by Crippen LogP contribution is 2.29. The Morgan fingerprint density at radius 3 is 2.52 bits per heavy atom. The second-order valence-corrected chi connectivity index (χ2v) is 7.55. The Kier molecular flexibility index (Phi) is 5.07. The summed E-state index contributed by atoms with van der Waals surface area (Å²) in [6.07, 6.45) is 1.98. The Balaban J connectivity index is 2.09. The molecule has 0 aliphatic carbocycles. The van der Waals surface area contributed by atoms with Gasteiger partial charge >= 0.3 is 0 Å². The number of aryl methyl sites for hydroxylation is 2. The topological polar surface area (TPSA) is 24.9 Å². The molecule has 1 aromatic heterocycles. The number of pyridine rings is 1. The fraction of sp³-hybridized carbons (Fsp3) is 0.389. The maximum Gasteiger partial charge on any atom is 0.104 e. The van der Waals surface area contributed by atoms with Crippen molar-refractivity contribution in [3.63, 3.8) is 0 Å². The van der Waals surface area contributed by atoms with E-state index >= 15 is 0 Å². The van der Waals surface area contributed by atoms with Crippen LogP contribution in [0.2, 0.25) is 0 Å². The monoisotopic (exact) mass is 300 g/mol. The van der Waals surface area contributed by atoms with E-state index in [9.17, 15) is 0 Å². The lowest BCUT2D eigenvalue weighted by atomic mass is 10.1. The van der Waals surface area contributed by atoms with Gasteiger partial charge in [-0.05, 0) is 57.9 Å². The predicted octanol–water partition coefficient (Wildman–Crippen LogP) is 4.74. The summed E-state index contributed by atoms with van der Waals surface area (Å²) in [7, 11) is 0. The lowest BCUT2D eigenvalue weighted by Gasteiger charge is -2.20. The molecule has 0 fully saturated rings. The molecule has 0 aliphatic rings. The van der Waals surface area contributed by atoms with E-state index in [2.05, 4.69) is 75.3 Å². The van der Waals surface area contributed by atoms with Gasteiger partial charge < -0.3 is 5.32 Å². The van der Waals surface area contributed by atoms with Crippen molar-refractivity contribution in [2.24, 2.45) is 0 Å². The van der Waals surface area contributed by atoms with Crippen LogP contribution in [0.5, 0.6) is 0 Å². The van der Waals surface area contributed by atoms with Crippen LogP contribution in [0.4, 0.5) is 0 Å². The summed E-state index contributed by atoms with van der Waals surface area (Å²) in [6.45, 7) is 11.6. The van der Waals surface area contributed by atoms with Crippen molar-refractivity contribution in [1.29, 1.82) is 0 Å². The largest absolute Gasteiger partial charge is 0.308 e. The molecule has 0 amide bonds. The quantitative estimate of drug-likeness (QED) is 0.883. The van der Waals surface area contributed by atoms with Gasteiger partial charge in [0.25, 0.3) is 0 Å². The van der Waals surface area contributed by atoms with E-state index in [4.69, 9.17) is 0 Å². The Morgan fingerprint density at radius 2 is 1.90 bits per heavy atom. The van der Waals surface area contributed by atoms with Crippen LogP contribution in [-0.2, 0) is 6.54 Å². The minimum absolute atomic E-state index is 0.128. The van der Waals surface area contributed by atoms with Gasteiger partial charge in [0, 0.05) is 23.2 Å². The second-order valence-electron chi connectivity index (χ2n) is 6.49. The van der Waals surface area contributed by atoms with E-state index in [0.717, 1.165) is 11.6 Å². The molecule has 21 heavy (non-hydrogen) atoms. The van der Waals surface area contributed by atoms with Gasteiger partial charge in [0.2, 0.25) is 0 Å². The summed E-state index contributed by atoms with van der Waals surface area (Å²) >= 11 is 1.73. The third-order valence-corrected chi connectivity index (χ3v) is 4.22. The first-order chi connectivity index (χ1) is 9.83. The molecular weight excluding hydrogens is 276 g/mol. The SMILES string of the molecule is Cc1cccc(Sc2ncc(CNC(C)(C)C)cc2C)c1. The third-order valence-electron chi connectivity index (χ3n) is 3.11. The summed E-state index contributed by atoms with van der Waals surface area (Å²) in [5, 5.41) is 4.58. The predicted molar refractivity (Wildman–Crippen MR) is 90.9 cm³/mol. The summed E-state index contributed by atoms with van der Waals surface area (Å²) in [5.41, 5.74) is 3.87. The van der Waals surface area contributed by atoms with E-state index < -0.39 is 0 Å². The first-order valence-electron chi connectivity index (χ1n) is 7.28. The molecule has 0 atom stereocenters. The Bertz CT molecular complexity index is 615. The molecule has 0 saturated carbocycles. The van der Waals surface area contributed by atoms with Crippen LogP contribution >= 0.6 is 11.8 Å². The molecule has 0 bridgehead atoms. The van der Waals surface area contributed by atoms with Crippen LogP contribution in [0.25, 0.3) is 0 Å². The van der Waals surface area contributed by atoms with E-state index in [1.165, 1.54) is 21.6 Å². The molecule has 0 saturated heterocycles. The van der Waals surface area contributed by atoms with Crippen molar-refractivity contribution >= 4 is 11.8 Å². The lowest BCUT2D eigenvalue weighted by molar-refractivity contribution is 0.424. The van der Waals surface area contributed by atoms with Crippen LogP contribution in [0.1, 0.15) is 37.5 Å². The van der Waals surface area contributed by atoms with Crippen molar-refractivity contribution in [2.75, 3.05) is 0 Å². The van der Waals surface area contributed by atoms with Gasteiger partial charge in [-0.3, -0.25) is 0 Å². The number of benzene rings is 1. The van der Waals surface area contributed by atoms with Crippen molar-refractivity contribution < 1.29 is 0 Å². The average Bonchev–Trinajstić information content (AvgIpc) is 2.38. The number of rotatable bonds is 4. The number of hydrogen-bond donors (Lipinski definition) is 1. The molecular formula is C18H24N2S. The van der Waals surface area contributed by atoms with Gasteiger partial charge in [0.05, 0.1) is 0 Å². The molecule has 2 aromatic rings. The summed E-state index contributed by atoms with van der Waals surface area (Å²) in [6, 6.07) is 10.8. The number of nitrogens with zero attached hydrogens (tertiary/aromatic N) is 1. The van der Waals surface area contributed by atoms with Crippen molar-refractivity contribution in [2.45, 2.75) is 56.6 Å². The zero-order valence-corrected chi connectivity index (χ0v) is 14.3. The van der Waals surface area contributed by atoms with Gasteiger partial charge in [-0.1, -0.05) is 35.5 Å². The van der Waals surface area contributed by atoms with Crippen molar-refractivity contribution in [1.82, 2.24) is 10.3 Å². The standard InChI is InChI=1S/C18H24N2S/c1-13-7-6-8-16(9-13)21-17-14(2)10-15(11-19-17)12-20-18(3,4)5/h6-11,20H,12H2,1-5H3. The summed E-state index contributed by atoms with van der Waals surface area (Å²) in [4.78, 5) is 5.87. The van der Waals surface area contributed by atoms with E-state index in [1.807, 2.05) is 6.20 Å². The Morgan fingerprint density at radius 1 is 1.14 bits per heavy atom. The van der Waals surface area contributed by atoms with Crippen LogP contribution in [0.3, 0.4) is 0 Å². The third kappa shape index (κ3) is 5.18.